The zero-order valence-corrected chi connectivity index (χ0v) is 16.3. The van der Waals surface area contributed by atoms with Crippen LogP contribution in [0.5, 0.6) is 0 Å². The SMILES string of the molecule is COC(=O)C1=C(N)N2C(=O)C(C)SC2=C(C(=O)OC)C1c1ccc(C)cc1. The molecule has 8 heteroatoms. The van der Waals surface area contributed by atoms with Crippen LogP contribution in [-0.4, -0.2) is 42.2 Å². The van der Waals surface area contributed by atoms with E-state index in [0.29, 0.717) is 10.6 Å². The van der Waals surface area contributed by atoms with Crippen LogP contribution in [-0.2, 0) is 23.9 Å². The lowest BCUT2D eigenvalue weighted by atomic mass is 9.82. The monoisotopic (exact) mass is 388 g/mol. The van der Waals surface area contributed by atoms with Crippen LogP contribution in [0.25, 0.3) is 0 Å². The van der Waals surface area contributed by atoms with Gasteiger partial charge in [-0.25, -0.2) is 9.59 Å². The molecular weight excluding hydrogens is 368 g/mol. The maximum Gasteiger partial charge on any atom is 0.338 e. The van der Waals surface area contributed by atoms with Crippen LogP contribution in [0.2, 0.25) is 0 Å². The Morgan fingerprint density at radius 1 is 1.07 bits per heavy atom. The number of methoxy groups -OCH3 is 2. The minimum atomic E-state index is -0.789. The van der Waals surface area contributed by atoms with Gasteiger partial charge in [0.15, 0.2) is 0 Å². The van der Waals surface area contributed by atoms with Crippen LogP contribution in [0.3, 0.4) is 0 Å². The number of fused-ring (bicyclic) bond motifs is 1. The average Bonchev–Trinajstić information content (AvgIpc) is 2.96. The number of hydrogen-bond donors (Lipinski definition) is 1. The quantitative estimate of drug-likeness (QED) is 0.788. The van der Waals surface area contributed by atoms with Crippen LogP contribution in [0, 0.1) is 6.92 Å². The Hall–Kier alpha value is -2.74. The van der Waals surface area contributed by atoms with E-state index in [0.717, 1.165) is 5.56 Å². The summed E-state index contributed by atoms with van der Waals surface area (Å²) < 4.78 is 9.89. The molecule has 2 aliphatic heterocycles. The molecule has 142 valence electrons. The Morgan fingerprint density at radius 3 is 2.19 bits per heavy atom. The number of nitrogens with zero attached hydrogens (tertiary/aromatic N) is 1. The highest BCUT2D eigenvalue weighted by Gasteiger charge is 2.48. The van der Waals surface area contributed by atoms with Crippen molar-refractivity contribution >= 4 is 29.6 Å². The maximum atomic E-state index is 12.7. The summed E-state index contributed by atoms with van der Waals surface area (Å²) in [4.78, 5) is 39.1. The van der Waals surface area contributed by atoms with Gasteiger partial charge in [0.2, 0.25) is 5.91 Å². The third-order valence-corrected chi connectivity index (χ3v) is 5.79. The number of carbonyl (C=O) groups is 3. The number of ether oxygens (including phenoxy) is 2. The van der Waals surface area contributed by atoms with Crippen molar-refractivity contribution in [3.05, 3.63) is 57.4 Å². The van der Waals surface area contributed by atoms with Crippen LogP contribution in [0.1, 0.15) is 24.0 Å². The molecule has 1 aromatic carbocycles. The second-order valence-electron chi connectivity index (χ2n) is 6.28. The van der Waals surface area contributed by atoms with Crippen LogP contribution in [0.15, 0.2) is 46.3 Å². The summed E-state index contributed by atoms with van der Waals surface area (Å²) in [7, 11) is 2.49. The van der Waals surface area contributed by atoms with E-state index in [1.165, 1.54) is 30.9 Å². The highest BCUT2D eigenvalue weighted by Crippen LogP contribution is 2.49. The molecule has 0 saturated carbocycles. The molecule has 2 heterocycles. The first kappa shape index (κ1) is 19.0. The Morgan fingerprint density at radius 2 is 1.63 bits per heavy atom. The molecule has 3 rings (SSSR count). The van der Waals surface area contributed by atoms with Gasteiger partial charge in [0.05, 0.1) is 41.6 Å². The molecule has 1 saturated heterocycles. The van der Waals surface area contributed by atoms with E-state index < -0.39 is 23.1 Å². The molecule has 7 nitrogen and oxygen atoms in total. The fourth-order valence-electron chi connectivity index (χ4n) is 3.24. The van der Waals surface area contributed by atoms with Crippen LogP contribution >= 0.6 is 11.8 Å². The number of benzene rings is 1. The highest BCUT2D eigenvalue weighted by atomic mass is 32.2. The molecule has 0 bridgehead atoms. The van der Waals surface area contributed by atoms with Crippen molar-refractivity contribution in [1.82, 2.24) is 4.90 Å². The normalized spacial score (nSPS) is 22.1. The smallest absolute Gasteiger partial charge is 0.338 e. The standard InChI is InChI=1S/C19H20N2O5S/c1-9-5-7-11(8-6-9)12-13(18(23)25-3)15(20)21-16(22)10(2)27-17(21)14(12)19(24)26-4/h5-8,10,12H,20H2,1-4H3. The highest BCUT2D eigenvalue weighted by molar-refractivity contribution is 8.04. The Bertz CT molecular complexity index is 888. The van der Waals surface area contributed by atoms with E-state index >= 15 is 0 Å². The summed E-state index contributed by atoms with van der Waals surface area (Å²) in [6.07, 6.45) is 0. The number of aryl methyl sites for hydroxylation is 1. The lowest BCUT2D eigenvalue weighted by Gasteiger charge is -2.32. The molecule has 2 unspecified atom stereocenters. The molecule has 2 atom stereocenters. The van der Waals surface area contributed by atoms with Gasteiger partial charge in [-0.2, -0.15) is 0 Å². The van der Waals surface area contributed by atoms with Crippen molar-refractivity contribution in [1.29, 1.82) is 0 Å². The maximum absolute atomic E-state index is 12.7. The lowest BCUT2D eigenvalue weighted by molar-refractivity contribution is -0.137. The molecule has 1 fully saturated rings. The van der Waals surface area contributed by atoms with Crippen LogP contribution in [0.4, 0.5) is 0 Å². The van der Waals surface area contributed by atoms with E-state index in [2.05, 4.69) is 0 Å². The summed E-state index contributed by atoms with van der Waals surface area (Å²) in [5.74, 6) is -2.42. The van der Waals surface area contributed by atoms with E-state index in [9.17, 15) is 14.4 Å². The van der Waals surface area contributed by atoms with Crippen molar-refractivity contribution in [3.63, 3.8) is 0 Å². The predicted molar refractivity (Wildman–Crippen MR) is 100 cm³/mol. The van der Waals surface area contributed by atoms with Crippen molar-refractivity contribution in [2.45, 2.75) is 25.0 Å². The summed E-state index contributed by atoms with van der Waals surface area (Å²) in [6, 6.07) is 7.39. The van der Waals surface area contributed by atoms with Gasteiger partial charge in [0.25, 0.3) is 0 Å². The van der Waals surface area contributed by atoms with E-state index in [-0.39, 0.29) is 22.9 Å². The molecular formula is C19H20N2O5S. The average molecular weight is 388 g/mol. The number of thioether (sulfide) groups is 1. The fourth-order valence-corrected chi connectivity index (χ4v) is 4.40. The molecule has 2 aliphatic rings. The molecule has 0 spiro atoms. The largest absolute Gasteiger partial charge is 0.466 e. The van der Waals surface area contributed by atoms with Crippen molar-refractivity contribution in [3.8, 4) is 0 Å². The van der Waals surface area contributed by atoms with Gasteiger partial charge in [0.1, 0.15) is 5.82 Å². The Balaban J connectivity index is 2.32. The van der Waals surface area contributed by atoms with E-state index in [4.69, 9.17) is 15.2 Å². The minimum Gasteiger partial charge on any atom is -0.466 e. The second-order valence-corrected chi connectivity index (χ2v) is 7.61. The number of amides is 1. The van der Waals surface area contributed by atoms with Gasteiger partial charge in [-0.3, -0.25) is 9.69 Å². The zero-order chi connectivity index (χ0) is 19.9. The molecule has 0 radical (unpaired) electrons. The summed E-state index contributed by atoms with van der Waals surface area (Å²) in [5.41, 5.74) is 8.21. The van der Waals surface area contributed by atoms with Gasteiger partial charge in [-0.05, 0) is 19.4 Å². The third-order valence-electron chi connectivity index (χ3n) is 4.61. The van der Waals surface area contributed by atoms with Gasteiger partial charge in [-0.15, -0.1) is 0 Å². The van der Waals surface area contributed by atoms with E-state index in [1.54, 1.807) is 6.92 Å². The van der Waals surface area contributed by atoms with Crippen LogP contribution < -0.4 is 5.73 Å². The van der Waals surface area contributed by atoms with Gasteiger partial charge in [-0.1, -0.05) is 41.6 Å². The van der Waals surface area contributed by atoms with Gasteiger partial charge in [0, 0.05) is 0 Å². The molecule has 0 aliphatic carbocycles. The first-order valence-corrected chi connectivity index (χ1v) is 9.17. The number of nitrogens with two attached hydrogens (primary N) is 1. The third kappa shape index (κ3) is 2.99. The first-order chi connectivity index (χ1) is 12.8. The molecule has 27 heavy (non-hydrogen) atoms. The Kier molecular flexibility index (Phi) is 5.01. The number of carbonyl (C=O) groups excluding carboxylic acids is 3. The molecule has 1 amide bonds. The number of rotatable bonds is 3. The van der Waals surface area contributed by atoms with Crippen molar-refractivity contribution < 1.29 is 23.9 Å². The Labute approximate surface area is 161 Å². The predicted octanol–water partition coefficient (Wildman–Crippen LogP) is 1.78. The van der Waals surface area contributed by atoms with E-state index in [1.807, 2.05) is 31.2 Å². The zero-order valence-electron chi connectivity index (χ0n) is 15.4. The topological polar surface area (TPSA) is 98.9 Å². The summed E-state index contributed by atoms with van der Waals surface area (Å²) in [6.45, 7) is 3.66. The molecule has 0 aromatic heterocycles. The summed E-state index contributed by atoms with van der Waals surface area (Å²) in [5, 5.41) is -0.0380. The first-order valence-electron chi connectivity index (χ1n) is 8.29. The number of esters is 2. The number of hydrogen-bond acceptors (Lipinski definition) is 7. The molecule has 2 N–H and O–H groups in total. The van der Waals surface area contributed by atoms with Crippen molar-refractivity contribution in [2.75, 3.05) is 14.2 Å². The minimum absolute atomic E-state index is 0.0167. The fraction of sp³-hybridized carbons (Fsp3) is 0.316. The van der Waals surface area contributed by atoms with Gasteiger partial charge >= 0.3 is 11.9 Å². The van der Waals surface area contributed by atoms with Gasteiger partial charge < -0.3 is 15.2 Å². The molecule has 1 aromatic rings. The van der Waals surface area contributed by atoms with Crippen molar-refractivity contribution in [2.24, 2.45) is 5.73 Å². The second kappa shape index (κ2) is 7.11. The lowest BCUT2D eigenvalue weighted by Crippen LogP contribution is -2.40. The summed E-state index contributed by atoms with van der Waals surface area (Å²) >= 11 is 1.22.